The topological polar surface area (TPSA) is 40.5 Å². The predicted octanol–water partition coefficient (Wildman–Crippen LogP) is 2.57. The number of nitrogens with zero attached hydrogens (tertiary/aromatic N) is 1. The molecule has 3 rings (SSSR count). The molecule has 3 heteroatoms. The van der Waals surface area contributed by atoms with E-state index in [0.717, 1.165) is 12.1 Å². The molecule has 1 saturated heterocycles. The fourth-order valence-electron chi connectivity index (χ4n) is 3.14. The normalized spacial score (nSPS) is 23.8. The molecule has 2 aromatic rings. The monoisotopic (exact) mass is 255 g/mol. The molecule has 0 amide bonds. The number of likely N-dealkylation sites (tertiary alicyclic amines) is 1. The Kier molecular flexibility index (Phi) is 2.99. The Balaban J connectivity index is 2.11. The standard InChI is InChI=1S/C16H17NO2/c1-17-9-14(15(10-17)16(18)19)13-8-4-6-11-5-2-3-7-12(11)13/h2-8,14-15H,9-10H2,1H3,(H,18,19)/t14-,15+/m1/s1. The van der Waals surface area contributed by atoms with Crippen LogP contribution < -0.4 is 0 Å². The second kappa shape index (κ2) is 4.67. The van der Waals surface area contributed by atoms with Gasteiger partial charge in [0.1, 0.15) is 0 Å². The molecule has 0 bridgehead atoms. The summed E-state index contributed by atoms with van der Waals surface area (Å²) in [5.74, 6) is -0.924. The lowest BCUT2D eigenvalue weighted by atomic mass is 9.86. The van der Waals surface area contributed by atoms with Gasteiger partial charge in [0.2, 0.25) is 0 Å². The molecule has 1 aliphatic heterocycles. The highest BCUT2D eigenvalue weighted by Gasteiger charge is 2.37. The van der Waals surface area contributed by atoms with Gasteiger partial charge in [-0.2, -0.15) is 0 Å². The second-order valence-electron chi connectivity index (χ2n) is 5.34. The summed E-state index contributed by atoms with van der Waals surface area (Å²) in [7, 11) is 1.99. The Bertz CT molecular complexity index is 618. The van der Waals surface area contributed by atoms with Gasteiger partial charge in [0, 0.05) is 19.0 Å². The Hall–Kier alpha value is -1.87. The lowest BCUT2D eigenvalue weighted by molar-refractivity contribution is -0.141. The van der Waals surface area contributed by atoms with E-state index in [2.05, 4.69) is 29.2 Å². The third-order valence-electron chi connectivity index (χ3n) is 4.04. The van der Waals surface area contributed by atoms with Crippen LogP contribution in [0.1, 0.15) is 11.5 Å². The molecule has 2 atom stereocenters. The van der Waals surface area contributed by atoms with Gasteiger partial charge in [0.05, 0.1) is 5.92 Å². The molecular formula is C16H17NO2. The van der Waals surface area contributed by atoms with Crippen molar-refractivity contribution in [3.63, 3.8) is 0 Å². The zero-order valence-corrected chi connectivity index (χ0v) is 10.9. The zero-order chi connectivity index (χ0) is 13.4. The van der Waals surface area contributed by atoms with Crippen LogP contribution in [-0.4, -0.2) is 36.1 Å². The summed E-state index contributed by atoms with van der Waals surface area (Å²) in [6, 6.07) is 14.4. The number of hydrogen-bond donors (Lipinski definition) is 1. The van der Waals surface area contributed by atoms with Crippen LogP contribution in [0, 0.1) is 5.92 Å². The molecule has 1 N–H and O–H groups in total. The summed E-state index contributed by atoms with van der Waals surface area (Å²) in [5.41, 5.74) is 1.16. The highest BCUT2D eigenvalue weighted by atomic mass is 16.4. The van der Waals surface area contributed by atoms with Gasteiger partial charge in [-0.05, 0) is 23.4 Å². The SMILES string of the molecule is CN1C[C@H](C(=O)O)[C@@H](c2cccc3ccccc23)C1. The first-order valence-electron chi connectivity index (χ1n) is 6.56. The third kappa shape index (κ3) is 2.10. The van der Waals surface area contributed by atoms with E-state index in [0.29, 0.717) is 6.54 Å². The van der Waals surface area contributed by atoms with Crippen molar-refractivity contribution in [1.29, 1.82) is 0 Å². The van der Waals surface area contributed by atoms with Gasteiger partial charge in [-0.1, -0.05) is 42.5 Å². The highest BCUT2D eigenvalue weighted by Crippen LogP contribution is 2.35. The fraction of sp³-hybridized carbons (Fsp3) is 0.312. The number of carbonyl (C=O) groups is 1. The van der Waals surface area contributed by atoms with Gasteiger partial charge in [0.15, 0.2) is 0 Å². The maximum atomic E-state index is 11.4. The number of likely N-dealkylation sites (N-methyl/N-ethyl adjacent to an activating group) is 1. The Labute approximate surface area is 112 Å². The molecule has 19 heavy (non-hydrogen) atoms. The summed E-state index contributed by atoms with van der Waals surface area (Å²) < 4.78 is 0. The molecule has 2 aromatic carbocycles. The number of hydrogen-bond acceptors (Lipinski definition) is 2. The quantitative estimate of drug-likeness (QED) is 0.896. The molecule has 0 aromatic heterocycles. The highest BCUT2D eigenvalue weighted by molar-refractivity contribution is 5.87. The van der Waals surface area contributed by atoms with Gasteiger partial charge < -0.3 is 10.0 Å². The molecule has 0 saturated carbocycles. The Morgan fingerprint density at radius 3 is 2.68 bits per heavy atom. The minimum Gasteiger partial charge on any atom is -0.481 e. The predicted molar refractivity (Wildman–Crippen MR) is 75.3 cm³/mol. The van der Waals surface area contributed by atoms with Crippen molar-refractivity contribution in [3.8, 4) is 0 Å². The van der Waals surface area contributed by atoms with E-state index in [1.54, 1.807) is 0 Å². The maximum absolute atomic E-state index is 11.4. The first-order chi connectivity index (χ1) is 9.16. The number of aliphatic carboxylic acids is 1. The number of carboxylic acid groups (broad SMARTS) is 1. The Morgan fingerprint density at radius 1 is 1.16 bits per heavy atom. The van der Waals surface area contributed by atoms with Crippen molar-refractivity contribution in [1.82, 2.24) is 4.90 Å². The van der Waals surface area contributed by atoms with E-state index in [1.807, 2.05) is 25.2 Å². The summed E-state index contributed by atoms with van der Waals surface area (Å²) in [4.78, 5) is 13.5. The molecular weight excluding hydrogens is 238 g/mol. The third-order valence-corrected chi connectivity index (χ3v) is 4.04. The van der Waals surface area contributed by atoms with Gasteiger partial charge in [-0.25, -0.2) is 0 Å². The van der Waals surface area contributed by atoms with Gasteiger partial charge in [-0.15, -0.1) is 0 Å². The van der Waals surface area contributed by atoms with Crippen LogP contribution in [-0.2, 0) is 4.79 Å². The smallest absolute Gasteiger partial charge is 0.308 e. The molecule has 1 heterocycles. The van der Waals surface area contributed by atoms with Crippen molar-refractivity contribution in [2.24, 2.45) is 5.92 Å². The van der Waals surface area contributed by atoms with Gasteiger partial charge in [-0.3, -0.25) is 4.79 Å². The van der Waals surface area contributed by atoms with Gasteiger partial charge in [0.25, 0.3) is 0 Å². The van der Waals surface area contributed by atoms with Crippen molar-refractivity contribution >= 4 is 16.7 Å². The first-order valence-corrected chi connectivity index (χ1v) is 6.56. The summed E-state index contributed by atoms with van der Waals surface area (Å²) in [5, 5.41) is 11.8. The Morgan fingerprint density at radius 2 is 1.89 bits per heavy atom. The number of carboxylic acids is 1. The zero-order valence-electron chi connectivity index (χ0n) is 10.9. The lowest BCUT2D eigenvalue weighted by Crippen LogP contribution is -2.21. The van der Waals surface area contributed by atoms with Crippen molar-refractivity contribution in [3.05, 3.63) is 48.0 Å². The van der Waals surface area contributed by atoms with Crippen LogP contribution in [0.3, 0.4) is 0 Å². The molecule has 0 radical (unpaired) electrons. The van der Waals surface area contributed by atoms with Crippen LogP contribution >= 0.6 is 0 Å². The molecule has 0 unspecified atom stereocenters. The largest absolute Gasteiger partial charge is 0.481 e. The van der Waals surface area contributed by atoms with E-state index in [9.17, 15) is 9.90 Å². The number of fused-ring (bicyclic) bond motifs is 1. The first kappa shape index (κ1) is 12.2. The van der Waals surface area contributed by atoms with E-state index >= 15 is 0 Å². The summed E-state index contributed by atoms with van der Waals surface area (Å²) in [6.45, 7) is 1.44. The molecule has 98 valence electrons. The second-order valence-corrected chi connectivity index (χ2v) is 5.34. The average Bonchev–Trinajstić information content (AvgIpc) is 2.80. The molecule has 0 aliphatic carbocycles. The average molecular weight is 255 g/mol. The van der Waals surface area contributed by atoms with Crippen LogP contribution in [0.25, 0.3) is 10.8 Å². The number of benzene rings is 2. The summed E-state index contributed by atoms with van der Waals surface area (Å²) >= 11 is 0. The minimum atomic E-state index is -0.692. The van der Waals surface area contributed by atoms with Crippen LogP contribution in [0.5, 0.6) is 0 Å². The van der Waals surface area contributed by atoms with Crippen molar-refractivity contribution in [2.45, 2.75) is 5.92 Å². The van der Waals surface area contributed by atoms with Crippen LogP contribution in [0.15, 0.2) is 42.5 Å². The lowest BCUT2D eigenvalue weighted by Gasteiger charge is -2.17. The minimum absolute atomic E-state index is 0.0774. The van der Waals surface area contributed by atoms with E-state index in [4.69, 9.17) is 0 Å². The van der Waals surface area contributed by atoms with Crippen LogP contribution in [0.2, 0.25) is 0 Å². The van der Waals surface area contributed by atoms with Crippen molar-refractivity contribution in [2.75, 3.05) is 20.1 Å². The number of rotatable bonds is 2. The van der Waals surface area contributed by atoms with Crippen molar-refractivity contribution < 1.29 is 9.90 Å². The molecule has 1 fully saturated rings. The van der Waals surface area contributed by atoms with E-state index in [-0.39, 0.29) is 11.8 Å². The molecule has 1 aliphatic rings. The van der Waals surface area contributed by atoms with E-state index < -0.39 is 5.97 Å². The molecule has 0 spiro atoms. The van der Waals surface area contributed by atoms with Crippen LogP contribution in [0.4, 0.5) is 0 Å². The van der Waals surface area contributed by atoms with E-state index in [1.165, 1.54) is 10.8 Å². The molecule has 3 nitrogen and oxygen atoms in total. The van der Waals surface area contributed by atoms with Gasteiger partial charge >= 0.3 is 5.97 Å². The fourth-order valence-corrected chi connectivity index (χ4v) is 3.14. The maximum Gasteiger partial charge on any atom is 0.308 e. The summed E-state index contributed by atoms with van der Waals surface area (Å²) in [6.07, 6.45) is 0.